The van der Waals surface area contributed by atoms with Gasteiger partial charge in [0, 0.05) is 51.4 Å². The normalized spacial score (nSPS) is 15.1. The molecule has 1 fully saturated rings. The second kappa shape index (κ2) is 9.55. The van der Waals surface area contributed by atoms with E-state index < -0.39 is 5.92 Å². The Kier molecular flexibility index (Phi) is 6.40. The first-order valence-corrected chi connectivity index (χ1v) is 12.3. The number of piperazine rings is 1. The number of pyridine rings is 3. The number of nitrogens with one attached hydrogen (secondary N) is 1. The van der Waals surface area contributed by atoms with Crippen molar-refractivity contribution < 1.29 is 8.78 Å². The molecule has 1 aliphatic heterocycles. The van der Waals surface area contributed by atoms with Gasteiger partial charge in [-0.25, -0.2) is 24.3 Å². The lowest BCUT2D eigenvalue weighted by Crippen LogP contribution is -2.44. The van der Waals surface area contributed by atoms with Crippen LogP contribution in [0.3, 0.4) is 0 Å². The van der Waals surface area contributed by atoms with Gasteiger partial charge in [-0.3, -0.25) is 4.79 Å². The smallest absolute Gasteiger partial charge is 0.287 e. The van der Waals surface area contributed by atoms with Gasteiger partial charge in [-0.1, -0.05) is 6.07 Å². The van der Waals surface area contributed by atoms with Crippen molar-refractivity contribution >= 4 is 28.2 Å². The summed E-state index contributed by atoms with van der Waals surface area (Å²) in [6, 6.07) is 9.78. The first-order chi connectivity index (χ1) is 17.6. The van der Waals surface area contributed by atoms with Gasteiger partial charge in [0.2, 0.25) is 0 Å². The Bertz CT molecular complexity index is 1460. The largest absolute Gasteiger partial charge is 0.368 e. The van der Waals surface area contributed by atoms with E-state index in [9.17, 15) is 13.6 Å². The third kappa shape index (κ3) is 4.91. The number of fused-ring (bicyclic) bond motifs is 1. The van der Waals surface area contributed by atoms with Gasteiger partial charge in [0.25, 0.3) is 11.5 Å². The second-order valence-electron chi connectivity index (χ2n) is 9.73. The molecule has 1 aliphatic rings. The third-order valence-corrected chi connectivity index (χ3v) is 6.53. The number of aromatic nitrogens is 5. The Morgan fingerprint density at radius 2 is 1.73 bits per heavy atom. The standard InChI is InChI=1S/C26H30F2N8O/c1-17(2)35-25(37)19-16-30-23(14-20(19)36(35)24-7-5-6-21(31-24)26(3,27)28)32-22-9-8-18(15-29-22)34-12-10-33(4)11-13-34/h5-9,14-17H,10-13H2,1-4H3,(H,29,30,32). The highest BCUT2D eigenvalue weighted by molar-refractivity contribution is 5.82. The van der Waals surface area contributed by atoms with Crippen molar-refractivity contribution in [3.8, 4) is 5.82 Å². The fraction of sp³-hybridized carbons (Fsp3) is 0.385. The zero-order valence-electron chi connectivity index (χ0n) is 21.3. The Morgan fingerprint density at radius 1 is 1.00 bits per heavy atom. The van der Waals surface area contributed by atoms with Gasteiger partial charge in [-0.15, -0.1) is 0 Å². The maximum absolute atomic E-state index is 14.0. The van der Waals surface area contributed by atoms with Crippen molar-refractivity contribution in [2.75, 3.05) is 43.4 Å². The van der Waals surface area contributed by atoms with E-state index in [1.54, 1.807) is 16.8 Å². The van der Waals surface area contributed by atoms with E-state index in [4.69, 9.17) is 0 Å². The maximum Gasteiger partial charge on any atom is 0.287 e. The molecule has 0 radical (unpaired) electrons. The quantitative estimate of drug-likeness (QED) is 0.419. The minimum absolute atomic E-state index is 0.228. The summed E-state index contributed by atoms with van der Waals surface area (Å²) in [7, 11) is 2.12. The molecule has 0 spiro atoms. The molecular weight excluding hydrogens is 478 g/mol. The number of hydrogen-bond acceptors (Lipinski definition) is 7. The van der Waals surface area contributed by atoms with Crippen molar-refractivity contribution in [1.82, 2.24) is 29.2 Å². The van der Waals surface area contributed by atoms with Crippen LogP contribution in [0.15, 0.2) is 53.6 Å². The maximum atomic E-state index is 14.0. The first kappa shape index (κ1) is 24.8. The Balaban J connectivity index is 1.51. The number of alkyl halides is 2. The monoisotopic (exact) mass is 508 g/mol. The molecule has 1 saturated heterocycles. The van der Waals surface area contributed by atoms with E-state index in [1.807, 2.05) is 32.2 Å². The first-order valence-electron chi connectivity index (χ1n) is 12.3. The minimum Gasteiger partial charge on any atom is -0.368 e. The molecule has 0 saturated carbocycles. The summed E-state index contributed by atoms with van der Waals surface area (Å²) >= 11 is 0. The molecule has 1 N–H and O–H groups in total. The van der Waals surface area contributed by atoms with E-state index in [2.05, 4.69) is 37.1 Å². The van der Waals surface area contributed by atoms with E-state index >= 15 is 0 Å². The van der Waals surface area contributed by atoms with Crippen molar-refractivity contribution in [3.63, 3.8) is 0 Å². The SMILES string of the molecule is CC(C)n1c(=O)c2cnc(Nc3ccc(N4CCN(C)CC4)cn3)cc2n1-c1cccc(C(C)(F)F)n1. The molecule has 11 heteroatoms. The summed E-state index contributed by atoms with van der Waals surface area (Å²) in [5.41, 5.74) is 0.929. The number of nitrogens with zero attached hydrogens (tertiary/aromatic N) is 7. The number of hydrogen-bond donors (Lipinski definition) is 1. The summed E-state index contributed by atoms with van der Waals surface area (Å²) in [6.45, 7) is 8.43. The lowest BCUT2D eigenvalue weighted by molar-refractivity contribution is 0.0127. The predicted molar refractivity (Wildman–Crippen MR) is 140 cm³/mol. The zero-order chi connectivity index (χ0) is 26.3. The average Bonchev–Trinajstić information content (AvgIpc) is 3.16. The molecular formula is C26H30F2N8O. The fourth-order valence-corrected chi connectivity index (χ4v) is 4.51. The highest BCUT2D eigenvalue weighted by Gasteiger charge is 2.27. The zero-order valence-corrected chi connectivity index (χ0v) is 21.3. The molecule has 9 nitrogen and oxygen atoms in total. The number of rotatable bonds is 6. The van der Waals surface area contributed by atoms with Crippen LogP contribution in [-0.4, -0.2) is 62.4 Å². The van der Waals surface area contributed by atoms with Gasteiger partial charge >= 0.3 is 0 Å². The van der Waals surface area contributed by atoms with Crippen molar-refractivity contribution in [2.24, 2.45) is 0 Å². The van der Waals surface area contributed by atoms with Gasteiger partial charge in [-0.05, 0) is 45.2 Å². The lowest BCUT2D eigenvalue weighted by atomic mass is 10.2. The molecule has 0 atom stereocenters. The van der Waals surface area contributed by atoms with Gasteiger partial charge in [0.15, 0.2) is 5.82 Å². The number of likely N-dealkylation sites (N-methyl/N-ethyl adjacent to an activating group) is 1. The topological polar surface area (TPSA) is 84.1 Å². The summed E-state index contributed by atoms with van der Waals surface area (Å²) < 4.78 is 31.1. The van der Waals surface area contributed by atoms with Crippen molar-refractivity contribution in [1.29, 1.82) is 0 Å². The van der Waals surface area contributed by atoms with E-state index in [0.717, 1.165) is 38.8 Å². The average molecular weight is 509 g/mol. The molecule has 0 aromatic carbocycles. The number of anilines is 3. The van der Waals surface area contributed by atoms with Crippen LogP contribution in [0.4, 0.5) is 26.1 Å². The van der Waals surface area contributed by atoms with Gasteiger partial charge in [0.05, 0.1) is 22.8 Å². The second-order valence-corrected chi connectivity index (χ2v) is 9.73. The highest BCUT2D eigenvalue weighted by atomic mass is 19.3. The summed E-state index contributed by atoms with van der Waals surface area (Å²) in [5, 5.41) is 3.56. The van der Waals surface area contributed by atoms with Crippen LogP contribution in [0.5, 0.6) is 0 Å². The molecule has 0 bridgehead atoms. The van der Waals surface area contributed by atoms with Crippen LogP contribution in [0, 0.1) is 0 Å². The Morgan fingerprint density at radius 3 is 2.38 bits per heavy atom. The summed E-state index contributed by atoms with van der Waals surface area (Å²) in [4.78, 5) is 31.0. The molecule has 5 heterocycles. The van der Waals surface area contributed by atoms with Gasteiger partial charge in [-0.2, -0.15) is 8.78 Å². The van der Waals surface area contributed by atoms with Crippen LogP contribution < -0.4 is 15.8 Å². The van der Waals surface area contributed by atoms with E-state index in [1.165, 1.54) is 23.0 Å². The molecule has 194 valence electrons. The lowest BCUT2D eigenvalue weighted by Gasteiger charge is -2.33. The molecule has 0 aliphatic carbocycles. The van der Waals surface area contributed by atoms with Crippen LogP contribution >= 0.6 is 0 Å². The van der Waals surface area contributed by atoms with Crippen molar-refractivity contribution in [3.05, 3.63) is 64.8 Å². The van der Waals surface area contributed by atoms with E-state index in [-0.39, 0.29) is 23.1 Å². The summed E-state index contributed by atoms with van der Waals surface area (Å²) in [6.07, 6.45) is 3.32. The predicted octanol–water partition coefficient (Wildman–Crippen LogP) is 4.17. The van der Waals surface area contributed by atoms with Crippen LogP contribution in [0.1, 0.15) is 32.5 Å². The van der Waals surface area contributed by atoms with E-state index in [0.29, 0.717) is 22.5 Å². The summed E-state index contributed by atoms with van der Waals surface area (Å²) in [5.74, 6) is -1.81. The fourth-order valence-electron chi connectivity index (χ4n) is 4.51. The molecule has 4 aromatic heterocycles. The minimum atomic E-state index is -3.11. The highest BCUT2D eigenvalue weighted by Crippen LogP contribution is 2.28. The number of halogens is 2. The van der Waals surface area contributed by atoms with Gasteiger partial charge in [0.1, 0.15) is 17.3 Å². The molecule has 5 rings (SSSR count). The molecule has 37 heavy (non-hydrogen) atoms. The molecule has 0 unspecified atom stereocenters. The third-order valence-electron chi connectivity index (χ3n) is 6.53. The van der Waals surface area contributed by atoms with Crippen molar-refractivity contribution in [2.45, 2.75) is 32.7 Å². The van der Waals surface area contributed by atoms with Crippen LogP contribution in [-0.2, 0) is 5.92 Å². The molecule has 0 amide bonds. The Hall–Kier alpha value is -3.86. The van der Waals surface area contributed by atoms with Gasteiger partial charge < -0.3 is 15.1 Å². The Labute approximate surface area is 213 Å². The van der Waals surface area contributed by atoms with Crippen LogP contribution in [0.25, 0.3) is 16.7 Å². The van der Waals surface area contributed by atoms with Crippen LogP contribution in [0.2, 0.25) is 0 Å². The molecule has 4 aromatic rings.